The van der Waals surface area contributed by atoms with Gasteiger partial charge in [0.05, 0.1) is 16.5 Å². The van der Waals surface area contributed by atoms with Gasteiger partial charge in [-0.2, -0.15) is 0 Å². The number of hydrogen-bond donors (Lipinski definition) is 2. The summed E-state index contributed by atoms with van der Waals surface area (Å²) >= 11 is 1.21. The molecule has 0 saturated heterocycles. The van der Waals surface area contributed by atoms with Gasteiger partial charge in [0.25, 0.3) is 0 Å². The van der Waals surface area contributed by atoms with Gasteiger partial charge in [-0.25, -0.2) is 4.98 Å². The summed E-state index contributed by atoms with van der Waals surface area (Å²) in [6, 6.07) is 0.248. The molecule has 0 aromatic carbocycles. The molecular formula is C17H23N3O3S. The van der Waals surface area contributed by atoms with Crippen LogP contribution >= 0.6 is 11.3 Å². The molecule has 0 bridgehead atoms. The average molecular weight is 349 g/mol. The number of anilines is 1. The third kappa shape index (κ3) is 3.83. The number of Topliss-reactive ketones (excluding diaryl/α,β-unsaturated/α-hetero) is 1. The normalized spacial score (nSPS) is 21.2. The van der Waals surface area contributed by atoms with Crippen molar-refractivity contribution in [2.45, 2.75) is 64.3 Å². The topological polar surface area (TPSA) is 88.2 Å². The van der Waals surface area contributed by atoms with Gasteiger partial charge in [0.15, 0.2) is 10.9 Å². The second-order valence-corrected chi connectivity index (χ2v) is 7.57. The minimum Gasteiger partial charge on any atom is -0.353 e. The molecule has 3 rings (SSSR count). The maximum absolute atomic E-state index is 12.5. The zero-order chi connectivity index (χ0) is 17.1. The molecule has 1 heterocycles. The van der Waals surface area contributed by atoms with Gasteiger partial charge >= 0.3 is 0 Å². The van der Waals surface area contributed by atoms with Crippen molar-refractivity contribution in [1.82, 2.24) is 10.3 Å². The van der Waals surface area contributed by atoms with Gasteiger partial charge in [-0.05, 0) is 12.8 Å². The Labute approximate surface area is 145 Å². The molecule has 1 fully saturated rings. The summed E-state index contributed by atoms with van der Waals surface area (Å²) in [6.45, 7) is 1.76. The minimum atomic E-state index is -0.344. The molecule has 1 saturated carbocycles. The number of amides is 2. The van der Waals surface area contributed by atoms with E-state index in [1.54, 1.807) is 6.92 Å². The number of fused-ring (bicyclic) bond motifs is 1. The van der Waals surface area contributed by atoms with E-state index in [0.717, 1.165) is 25.7 Å². The number of rotatable bonds is 4. The summed E-state index contributed by atoms with van der Waals surface area (Å²) < 4.78 is 0. The Kier molecular flexibility index (Phi) is 5.28. The van der Waals surface area contributed by atoms with Gasteiger partial charge in [0.1, 0.15) is 0 Å². The van der Waals surface area contributed by atoms with E-state index < -0.39 is 0 Å². The van der Waals surface area contributed by atoms with Crippen LogP contribution in [0.25, 0.3) is 0 Å². The Hall–Kier alpha value is -1.76. The molecule has 0 spiro atoms. The summed E-state index contributed by atoms with van der Waals surface area (Å²) in [6.07, 6.45) is 6.68. The molecular weight excluding hydrogens is 326 g/mol. The van der Waals surface area contributed by atoms with E-state index in [2.05, 4.69) is 15.6 Å². The number of hydrogen-bond acceptors (Lipinski definition) is 5. The highest BCUT2D eigenvalue weighted by molar-refractivity contribution is 7.17. The first kappa shape index (κ1) is 17.1. The van der Waals surface area contributed by atoms with Crippen LogP contribution in [0.1, 0.15) is 67.2 Å². The zero-order valence-electron chi connectivity index (χ0n) is 13.9. The second kappa shape index (κ2) is 7.42. The Balaban J connectivity index is 1.65. The summed E-state index contributed by atoms with van der Waals surface area (Å²) in [5, 5.41) is 6.25. The maximum atomic E-state index is 12.5. The van der Waals surface area contributed by atoms with E-state index in [9.17, 15) is 14.4 Å². The predicted molar refractivity (Wildman–Crippen MR) is 92.2 cm³/mol. The smallest absolute Gasteiger partial charge is 0.225 e. The Morgan fingerprint density at radius 2 is 1.96 bits per heavy atom. The van der Waals surface area contributed by atoms with Gasteiger partial charge in [-0.15, -0.1) is 0 Å². The molecule has 1 aromatic heterocycles. The van der Waals surface area contributed by atoms with E-state index in [4.69, 9.17) is 0 Å². The third-order valence-corrected chi connectivity index (χ3v) is 5.77. The number of thiazole rings is 1. The Bertz CT molecular complexity index is 650. The molecule has 2 amide bonds. The van der Waals surface area contributed by atoms with Crippen LogP contribution in [0.5, 0.6) is 0 Å². The lowest BCUT2D eigenvalue weighted by Gasteiger charge is -2.26. The maximum Gasteiger partial charge on any atom is 0.225 e. The molecule has 24 heavy (non-hydrogen) atoms. The standard InChI is InChI=1S/C17H23N3O3S/c1-2-14(22)20-17-19-12-8-10(9-13(21)15(12)24-17)16(23)18-11-6-4-3-5-7-11/h10-11H,2-9H2,1H3,(H,18,23)(H,19,20,22)/t10-/m0/s1. The minimum absolute atomic E-state index is 0.0342. The molecule has 1 atom stereocenters. The van der Waals surface area contributed by atoms with Crippen LogP contribution in [0, 0.1) is 5.92 Å². The molecule has 7 heteroatoms. The number of nitrogens with zero attached hydrogens (tertiary/aromatic N) is 1. The van der Waals surface area contributed by atoms with Crippen LogP contribution in [0.15, 0.2) is 0 Å². The van der Waals surface area contributed by atoms with Crippen molar-refractivity contribution < 1.29 is 14.4 Å². The van der Waals surface area contributed by atoms with Crippen molar-refractivity contribution in [3.8, 4) is 0 Å². The van der Waals surface area contributed by atoms with Crippen LogP contribution in [-0.2, 0) is 16.0 Å². The van der Waals surface area contributed by atoms with Crippen LogP contribution in [0.3, 0.4) is 0 Å². The molecule has 0 radical (unpaired) electrons. The lowest BCUT2D eigenvalue weighted by molar-refractivity contribution is -0.126. The van der Waals surface area contributed by atoms with Crippen molar-refractivity contribution in [1.29, 1.82) is 0 Å². The largest absolute Gasteiger partial charge is 0.353 e. The van der Waals surface area contributed by atoms with Crippen LogP contribution in [0.4, 0.5) is 5.13 Å². The lowest BCUT2D eigenvalue weighted by Crippen LogP contribution is -2.42. The van der Waals surface area contributed by atoms with E-state index in [-0.39, 0.29) is 36.0 Å². The van der Waals surface area contributed by atoms with Gasteiger partial charge in [0.2, 0.25) is 11.8 Å². The highest BCUT2D eigenvalue weighted by Gasteiger charge is 2.34. The quantitative estimate of drug-likeness (QED) is 0.875. The highest BCUT2D eigenvalue weighted by Crippen LogP contribution is 2.32. The molecule has 0 aliphatic heterocycles. The summed E-state index contributed by atoms with van der Waals surface area (Å²) in [7, 11) is 0. The van der Waals surface area contributed by atoms with Crippen LogP contribution < -0.4 is 10.6 Å². The monoisotopic (exact) mass is 349 g/mol. The van der Waals surface area contributed by atoms with Crippen molar-refractivity contribution >= 4 is 34.1 Å². The van der Waals surface area contributed by atoms with Crippen LogP contribution in [0.2, 0.25) is 0 Å². The molecule has 2 N–H and O–H groups in total. The fraction of sp³-hybridized carbons (Fsp3) is 0.647. The number of carbonyl (C=O) groups is 3. The first-order valence-electron chi connectivity index (χ1n) is 8.70. The summed E-state index contributed by atoms with van der Waals surface area (Å²) in [5.74, 6) is -0.550. The second-order valence-electron chi connectivity index (χ2n) is 6.57. The number of aromatic nitrogens is 1. The van der Waals surface area contributed by atoms with Crippen molar-refractivity contribution in [2.24, 2.45) is 5.92 Å². The molecule has 1 aromatic rings. The molecule has 2 aliphatic carbocycles. The number of ketones is 1. The van der Waals surface area contributed by atoms with E-state index in [0.29, 0.717) is 28.5 Å². The summed E-state index contributed by atoms with van der Waals surface area (Å²) in [4.78, 5) is 41.3. The average Bonchev–Trinajstić information content (AvgIpc) is 2.98. The van der Waals surface area contributed by atoms with Crippen molar-refractivity contribution in [3.63, 3.8) is 0 Å². The Morgan fingerprint density at radius 1 is 1.21 bits per heavy atom. The van der Waals surface area contributed by atoms with E-state index >= 15 is 0 Å². The fourth-order valence-electron chi connectivity index (χ4n) is 3.34. The third-order valence-electron chi connectivity index (χ3n) is 4.71. The SMILES string of the molecule is CCC(=O)Nc1nc2c(s1)C(=O)C[C@@H](C(=O)NC1CCCCC1)C2. The van der Waals surface area contributed by atoms with Crippen molar-refractivity contribution in [3.05, 3.63) is 10.6 Å². The van der Waals surface area contributed by atoms with Gasteiger partial charge < -0.3 is 10.6 Å². The first-order chi connectivity index (χ1) is 11.6. The predicted octanol–water partition coefficient (Wildman–Crippen LogP) is 2.69. The van der Waals surface area contributed by atoms with Crippen molar-refractivity contribution in [2.75, 3.05) is 5.32 Å². The molecule has 2 aliphatic rings. The van der Waals surface area contributed by atoms with Crippen LogP contribution in [-0.4, -0.2) is 28.6 Å². The number of carbonyl (C=O) groups excluding carboxylic acids is 3. The van der Waals surface area contributed by atoms with Gasteiger partial charge in [-0.3, -0.25) is 14.4 Å². The van der Waals surface area contributed by atoms with E-state index in [1.165, 1.54) is 17.8 Å². The molecule has 6 nitrogen and oxygen atoms in total. The molecule has 130 valence electrons. The first-order valence-corrected chi connectivity index (χ1v) is 9.51. The number of nitrogens with one attached hydrogen (secondary N) is 2. The van der Waals surface area contributed by atoms with Gasteiger partial charge in [-0.1, -0.05) is 37.5 Å². The highest BCUT2D eigenvalue weighted by atomic mass is 32.1. The van der Waals surface area contributed by atoms with E-state index in [1.807, 2.05) is 0 Å². The zero-order valence-corrected chi connectivity index (χ0v) is 14.7. The Morgan fingerprint density at radius 3 is 2.67 bits per heavy atom. The van der Waals surface area contributed by atoms with Gasteiger partial charge in [0, 0.05) is 25.3 Å². The molecule has 0 unspecified atom stereocenters. The summed E-state index contributed by atoms with van der Waals surface area (Å²) in [5.41, 5.74) is 0.645. The lowest BCUT2D eigenvalue weighted by atomic mass is 9.88. The fourth-order valence-corrected chi connectivity index (χ4v) is 4.30.